The highest BCUT2D eigenvalue weighted by atomic mass is 16.6. The first kappa shape index (κ1) is 33.8. The zero-order valence-corrected chi connectivity index (χ0v) is 26.1. The van der Waals surface area contributed by atoms with Gasteiger partial charge in [-0.25, -0.2) is 4.79 Å². The molecule has 11 nitrogen and oxygen atoms in total. The Labute approximate surface area is 268 Å². The summed E-state index contributed by atoms with van der Waals surface area (Å²) >= 11 is 0. The maximum Gasteiger partial charge on any atom is 0.408 e. The molecule has 46 heavy (non-hydrogen) atoms. The van der Waals surface area contributed by atoms with Gasteiger partial charge in [0.15, 0.2) is 0 Å². The minimum absolute atomic E-state index is 0.0123. The van der Waals surface area contributed by atoms with Crippen LogP contribution >= 0.6 is 0 Å². The van der Waals surface area contributed by atoms with Crippen molar-refractivity contribution < 1.29 is 28.7 Å². The van der Waals surface area contributed by atoms with E-state index in [2.05, 4.69) is 26.3 Å². The number of carbonyl (C=O) groups is 5. The van der Waals surface area contributed by atoms with Crippen LogP contribution < -0.4 is 21.3 Å². The first-order valence-electron chi connectivity index (χ1n) is 15.6. The Kier molecular flexibility index (Phi) is 12.4. The number of Topliss-reactive ketones (excluding diaryl/α,β-unsaturated/α-hetero) is 1. The standard InChI is InChI=1S/C35H41N5O6/c1-23(2)19-29(40-35(45)46-30(25-13-7-4-8-14-25)20-24-11-5-3-6-12-24)33(43)39-28(21-26-16-18-37-32(26)42)31(41)34(44)38-22-27-15-9-10-17-36-27/h3-15,17,23,26,28-30H,16,18-22H2,1-2H3,(H,37,42)(H,38,44)(H,39,43)(H,40,45). The molecule has 0 saturated carbocycles. The molecule has 1 aromatic heterocycles. The second-order valence-corrected chi connectivity index (χ2v) is 11.8. The summed E-state index contributed by atoms with van der Waals surface area (Å²) in [6.45, 7) is 4.25. The number of pyridine rings is 1. The van der Waals surface area contributed by atoms with E-state index in [4.69, 9.17) is 4.74 Å². The van der Waals surface area contributed by atoms with Crippen molar-refractivity contribution in [1.82, 2.24) is 26.3 Å². The van der Waals surface area contributed by atoms with Crippen LogP contribution in [-0.4, -0.2) is 53.2 Å². The molecule has 242 valence electrons. The Morgan fingerprint density at radius 3 is 2.24 bits per heavy atom. The van der Waals surface area contributed by atoms with E-state index >= 15 is 0 Å². The third-order valence-corrected chi connectivity index (χ3v) is 7.70. The quantitative estimate of drug-likeness (QED) is 0.188. The lowest BCUT2D eigenvalue weighted by molar-refractivity contribution is -0.141. The van der Waals surface area contributed by atoms with Crippen molar-refractivity contribution >= 4 is 29.6 Å². The number of rotatable bonds is 15. The number of aromatic nitrogens is 1. The van der Waals surface area contributed by atoms with Gasteiger partial charge in [0.2, 0.25) is 17.6 Å². The van der Waals surface area contributed by atoms with Gasteiger partial charge in [0.25, 0.3) is 5.91 Å². The van der Waals surface area contributed by atoms with Gasteiger partial charge >= 0.3 is 6.09 Å². The van der Waals surface area contributed by atoms with E-state index in [1.54, 1.807) is 24.4 Å². The molecule has 4 rings (SSSR count). The summed E-state index contributed by atoms with van der Waals surface area (Å²) in [5, 5.41) is 10.6. The van der Waals surface area contributed by atoms with E-state index in [9.17, 15) is 24.0 Å². The van der Waals surface area contributed by atoms with Crippen LogP contribution in [0.15, 0.2) is 85.1 Å². The van der Waals surface area contributed by atoms with Crippen molar-refractivity contribution in [3.8, 4) is 0 Å². The van der Waals surface area contributed by atoms with E-state index in [0.717, 1.165) is 11.1 Å². The average molecular weight is 628 g/mol. The largest absolute Gasteiger partial charge is 0.441 e. The molecule has 1 aliphatic heterocycles. The van der Waals surface area contributed by atoms with Crippen LogP contribution in [0.5, 0.6) is 0 Å². The number of ether oxygens (including phenoxy) is 1. The second-order valence-electron chi connectivity index (χ2n) is 11.8. The number of nitrogens with one attached hydrogen (secondary N) is 4. The zero-order chi connectivity index (χ0) is 32.9. The Balaban J connectivity index is 1.47. The van der Waals surface area contributed by atoms with E-state index in [0.29, 0.717) is 25.1 Å². The van der Waals surface area contributed by atoms with E-state index in [1.165, 1.54) is 0 Å². The first-order valence-corrected chi connectivity index (χ1v) is 15.6. The van der Waals surface area contributed by atoms with Gasteiger partial charge in [-0.1, -0.05) is 80.6 Å². The summed E-state index contributed by atoms with van der Waals surface area (Å²) in [5.74, 6) is -3.26. The third-order valence-electron chi connectivity index (χ3n) is 7.70. The molecular weight excluding hydrogens is 586 g/mol. The average Bonchev–Trinajstić information content (AvgIpc) is 3.47. The lowest BCUT2D eigenvalue weighted by Gasteiger charge is -2.26. The maximum absolute atomic E-state index is 13.7. The molecule has 4 atom stereocenters. The Morgan fingerprint density at radius 1 is 0.913 bits per heavy atom. The summed E-state index contributed by atoms with van der Waals surface area (Å²) in [5.41, 5.74) is 2.32. The van der Waals surface area contributed by atoms with Gasteiger partial charge in [-0.3, -0.25) is 24.2 Å². The third kappa shape index (κ3) is 10.3. The lowest BCUT2D eigenvalue weighted by Crippen LogP contribution is -2.55. The number of hydrogen-bond donors (Lipinski definition) is 4. The Bertz CT molecular complexity index is 1470. The molecule has 2 aromatic carbocycles. The summed E-state index contributed by atoms with van der Waals surface area (Å²) in [6, 6.07) is 21.8. The molecule has 3 aromatic rings. The molecule has 1 saturated heterocycles. The summed E-state index contributed by atoms with van der Waals surface area (Å²) in [6.07, 6.45) is 1.23. The highest BCUT2D eigenvalue weighted by Gasteiger charge is 2.36. The zero-order valence-electron chi connectivity index (χ0n) is 26.1. The summed E-state index contributed by atoms with van der Waals surface area (Å²) in [4.78, 5) is 69.7. The Morgan fingerprint density at radius 2 is 1.61 bits per heavy atom. The number of benzene rings is 2. The van der Waals surface area contributed by atoms with Crippen molar-refractivity contribution in [3.63, 3.8) is 0 Å². The van der Waals surface area contributed by atoms with Crippen LogP contribution in [0.25, 0.3) is 0 Å². The van der Waals surface area contributed by atoms with Crippen LogP contribution in [-0.2, 0) is 36.9 Å². The molecule has 0 spiro atoms. The molecule has 1 aliphatic rings. The molecule has 4 unspecified atom stereocenters. The predicted octanol–water partition coefficient (Wildman–Crippen LogP) is 3.40. The predicted molar refractivity (Wildman–Crippen MR) is 171 cm³/mol. The van der Waals surface area contributed by atoms with Crippen molar-refractivity contribution in [1.29, 1.82) is 0 Å². The molecule has 0 radical (unpaired) electrons. The number of alkyl carbamates (subject to hydrolysis) is 1. The topological polar surface area (TPSA) is 156 Å². The van der Waals surface area contributed by atoms with Gasteiger partial charge in [0.05, 0.1) is 18.3 Å². The van der Waals surface area contributed by atoms with Crippen LogP contribution in [0.4, 0.5) is 4.79 Å². The summed E-state index contributed by atoms with van der Waals surface area (Å²) in [7, 11) is 0. The SMILES string of the molecule is CC(C)CC(NC(=O)OC(Cc1ccccc1)c1ccccc1)C(=O)NC(CC1CCNC1=O)C(=O)C(=O)NCc1ccccn1. The smallest absolute Gasteiger partial charge is 0.408 e. The number of amides is 4. The van der Waals surface area contributed by atoms with Crippen molar-refractivity contribution in [2.75, 3.05) is 6.54 Å². The fraction of sp³-hybridized carbons (Fsp3) is 0.371. The number of hydrogen-bond acceptors (Lipinski definition) is 7. The molecule has 4 N–H and O–H groups in total. The lowest BCUT2D eigenvalue weighted by atomic mass is 9.94. The van der Waals surface area contributed by atoms with E-state index < -0.39 is 47.8 Å². The molecule has 4 amide bonds. The van der Waals surface area contributed by atoms with Crippen LogP contribution in [0.1, 0.15) is 56.0 Å². The Hall–Kier alpha value is -5.06. The van der Waals surface area contributed by atoms with Crippen molar-refractivity contribution in [3.05, 3.63) is 102 Å². The van der Waals surface area contributed by atoms with Gasteiger partial charge < -0.3 is 26.0 Å². The minimum Gasteiger partial charge on any atom is -0.441 e. The van der Waals surface area contributed by atoms with Gasteiger partial charge in [0, 0.05) is 25.1 Å². The van der Waals surface area contributed by atoms with Crippen molar-refractivity contribution in [2.24, 2.45) is 11.8 Å². The van der Waals surface area contributed by atoms with Gasteiger partial charge in [-0.2, -0.15) is 0 Å². The minimum atomic E-state index is -1.28. The molecule has 0 bridgehead atoms. The molecule has 0 aliphatic carbocycles. The van der Waals surface area contributed by atoms with Crippen LogP contribution in [0.3, 0.4) is 0 Å². The van der Waals surface area contributed by atoms with Gasteiger partial charge in [-0.15, -0.1) is 0 Å². The molecule has 11 heteroatoms. The fourth-order valence-electron chi connectivity index (χ4n) is 5.31. The van der Waals surface area contributed by atoms with Crippen LogP contribution in [0, 0.1) is 11.8 Å². The van der Waals surface area contributed by atoms with Crippen LogP contribution in [0.2, 0.25) is 0 Å². The highest BCUT2D eigenvalue weighted by molar-refractivity contribution is 6.38. The number of nitrogens with zero attached hydrogens (tertiary/aromatic N) is 1. The fourth-order valence-corrected chi connectivity index (χ4v) is 5.31. The molecule has 1 fully saturated rings. The normalized spacial score (nSPS) is 16.1. The van der Waals surface area contributed by atoms with E-state index in [-0.39, 0.29) is 31.2 Å². The second kappa shape index (κ2) is 16.9. The monoisotopic (exact) mass is 627 g/mol. The van der Waals surface area contributed by atoms with E-state index in [1.807, 2.05) is 74.5 Å². The maximum atomic E-state index is 13.7. The highest BCUT2D eigenvalue weighted by Crippen LogP contribution is 2.23. The van der Waals surface area contributed by atoms with Gasteiger partial charge in [-0.05, 0) is 48.4 Å². The number of ketones is 1. The van der Waals surface area contributed by atoms with Gasteiger partial charge in [0.1, 0.15) is 12.1 Å². The number of carbonyl (C=O) groups excluding carboxylic acids is 5. The van der Waals surface area contributed by atoms with Crippen molar-refractivity contribution in [2.45, 2.75) is 64.3 Å². The summed E-state index contributed by atoms with van der Waals surface area (Å²) < 4.78 is 5.87. The molecule has 2 heterocycles. The first-order chi connectivity index (χ1) is 22.2. The molecular formula is C35H41N5O6.